The number of amides is 1. The third-order valence-corrected chi connectivity index (χ3v) is 3.35. The van der Waals surface area contributed by atoms with Gasteiger partial charge in [0.05, 0.1) is 11.2 Å². The fraction of sp³-hybridized carbons (Fsp3) is 0.615. The summed E-state index contributed by atoms with van der Waals surface area (Å²) >= 11 is 6.05. The van der Waals surface area contributed by atoms with Crippen LogP contribution < -0.4 is 0 Å². The quantitative estimate of drug-likeness (QED) is 0.843. The molecule has 0 radical (unpaired) electrons. The molecule has 0 aromatic carbocycles. The number of aromatic nitrogens is 2. The van der Waals surface area contributed by atoms with Crippen molar-refractivity contribution in [2.75, 3.05) is 6.54 Å². The number of nitrogens with zero attached hydrogens (tertiary/aromatic N) is 3. The van der Waals surface area contributed by atoms with Crippen LogP contribution in [0.3, 0.4) is 0 Å². The molecule has 2 rings (SSSR count). The largest absolute Gasteiger partial charge is 0.335 e. The van der Waals surface area contributed by atoms with Gasteiger partial charge in [0.15, 0.2) is 5.69 Å². The van der Waals surface area contributed by atoms with Gasteiger partial charge in [-0.15, -0.1) is 0 Å². The van der Waals surface area contributed by atoms with Gasteiger partial charge in [0, 0.05) is 18.5 Å². The maximum Gasteiger partial charge on any atom is 0.274 e. The van der Waals surface area contributed by atoms with Crippen molar-refractivity contribution in [1.29, 1.82) is 0 Å². The third kappa shape index (κ3) is 2.64. The molecule has 0 unspecified atom stereocenters. The topological polar surface area (TPSA) is 46.1 Å². The summed E-state index contributed by atoms with van der Waals surface area (Å²) in [4.78, 5) is 22.7. The molecular formula is C13H18ClN3O. The zero-order valence-corrected chi connectivity index (χ0v) is 11.7. The van der Waals surface area contributed by atoms with Crippen LogP contribution in [0, 0.1) is 0 Å². The first-order valence-electron chi connectivity index (χ1n) is 6.38. The zero-order chi connectivity index (χ0) is 13.3. The normalized spacial score (nSPS) is 14.9. The minimum absolute atomic E-state index is 0.0747. The molecule has 1 aliphatic rings. The summed E-state index contributed by atoms with van der Waals surface area (Å²) in [6.07, 6.45) is 3.69. The number of hydrogen-bond acceptors (Lipinski definition) is 3. The van der Waals surface area contributed by atoms with Gasteiger partial charge in [-0.3, -0.25) is 4.79 Å². The van der Waals surface area contributed by atoms with E-state index in [1.54, 1.807) is 0 Å². The van der Waals surface area contributed by atoms with Crippen LogP contribution in [0.15, 0.2) is 6.20 Å². The summed E-state index contributed by atoms with van der Waals surface area (Å²) in [5.41, 5.74) is 0.337. The molecule has 0 atom stereocenters. The number of hydrogen-bond donors (Lipinski definition) is 0. The highest BCUT2D eigenvalue weighted by Gasteiger charge is 2.33. The maximum atomic E-state index is 12.4. The van der Waals surface area contributed by atoms with E-state index in [9.17, 15) is 4.79 Å². The highest BCUT2D eigenvalue weighted by atomic mass is 35.5. The molecule has 0 bridgehead atoms. The molecule has 0 aliphatic heterocycles. The van der Waals surface area contributed by atoms with Gasteiger partial charge in [0.1, 0.15) is 5.82 Å². The average Bonchev–Trinajstić information content (AvgIpc) is 3.14. The zero-order valence-electron chi connectivity index (χ0n) is 11.0. The Morgan fingerprint density at radius 3 is 2.72 bits per heavy atom. The molecular weight excluding hydrogens is 250 g/mol. The lowest BCUT2D eigenvalue weighted by Gasteiger charge is -2.20. The third-order valence-electron chi connectivity index (χ3n) is 3.07. The molecule has 0 spiro atoms. The summed E-state index contributed by atoms with van der Waals surface area (Å²) in [6, 6.07) is 0.371. The minimum Gasteiger partial charge on any atom is -0.335 e. The Labute approximate surface area is 112 Å². The van der Waals surface area contributed by atoms with Gasteiger partial charge in [0.2, 0.25) is 0 Å². The lowest BCUT2D eigenvalue weighted by molar-refractivity contribution is 0.0746. The molecule has 1 amide bonds. The van der Waals surface area contributed by atoms with E-state index in [0.717, 1.165) is 12.8 Å². The number of carbonyl (C=O) groups is 1. The monoisotopic (exact) mass is 267 g/mol. The summed E-state index contributed by atoms with van der Waals surface area (Å²) < 4.78 is 0. The molecule has 1 heterocycles. The van der Waals surface area contributed by atoms with Crippen LogP contribution in [0.1, 0.15) is 55.8 Å². The second kappa shape index (κ2) is 5.22. The van der Waals surface area contributed by atoms with Crippen LogP contribution in [0.5, 0.6) is 0 Å². The first-order chi connectivity index (χ1) is 8.54. The van der Waals surface area contributed by atoms with Gasteiger partial charge in [-0.05, 0) is 19.8 Å². The fourth-order valence-electron chi connectivity index (χ4n) is 1.90. The minimum atomic E-state index is -0.0747. The lowest BCUT2D eigenvalue weighted by Crippen LogP contribution is -2.34. The fourth-order valence-corrected chi connectivity index (χ4v) is 2.07. The highest BCUT2D eigenvalue weighted by molar-refractivity contribution is 6.33. The Morgan fingerprint density at radius 2 is 2.22 bits per heavy atom. The molecule has 0 saturated heterocycles. The predicted octanol–water partition coefficient (Wildman–Crippen LogP) is 2.88. The first kappa shape index (κ1) is 13.3. The number of rotatable bonds is 4. The van der Waals surface area contributed by atoms with Crippen LogP contribution >= 0.6 is 11.6 Å². The van der Waals surface area contributed by atoms with E-state index in [4.69, 9.17) is 11.6 Å². The van der Waals surface area contributed by atoms with Gasteiger partial charge < -0.3 is 4.90 Å². The molecule has 1 aromatic rings. The molecule has 1 aliphatic carbocycles. The van der Waals surface area contributed by atoms with Gasteiger partial charge in [-0.1, -0.05) is 25.4 Å². The molecule has 18 heavy (non-hydrogen) atoms. The molecule has 1 fully saturated rings. The van der Waals surface area contributed by atoms with Gasteiger partial charge in [-0.25, -0.2) is 9.97 Å². The van der Waals surface area contributed by atoms with Crippen LogP contribution in [0.25, 0.3) is 0 Å². The SMILES string of the molecule is CCN(C(=O)c1nc(C(C)C)ncc1Cl)C1CC1. The smallest absolute Gasteiger partial charge is 0.274 e. The number of halogens is 1. The molecule has 4 nitrogen and oxygen atoms in total. The van der Waals surface area contributed by atoms with Gasteiger partial charge >= 0.3 is 0 Å². The van der Waals surface area contributed by atoms with Gasteiger partial charge in [0.25, 0.3) is 5.91 Å². The van der Waals surface area contributed by atoms with E-state index < -0.39 is 0 Å². The van der Waals surface area contributed by atoms with Crippen LogP contribution in [0.4, 0.5) is 0 Å². The summed E-state index contributed by atoms with van der Waals surface area (Å²) in [5, 5.41) is 0.337. The van der Waals surface area contributed by atoms with E-state index in [0.29, 0.717) is 29.1 Å². The summed E-state index contributed by atoms with van der Waals surface area (Å²) in [5.74, 6) is 0.772. The van der Waals surface area contributed by atoms with E-state index >= 15 is 0 Å². The predicted molar refractivity (Wildman–Crippen MR) is 70.9 cm³/mol. The van der Waals surface area contributed by atoms with E-state index in [-0.39, 0.29) is 11.8 Å². The maximum absolute atomic E-state index is 12.4. The van der Waals surface area contributed by atoms with E-state index in [2.05, 4.69) is 9.97 Å². The van der Waals surface area contributed by atoms with Crippen molar-refractivity contribution in [2.45, 2.75) is 45.6 Å². The second-order valence-electron chi connectivity index (χ2n) is 4.90. The standard InChI is InChI=1S/C13H18ClN3O/c1-4-17(9-5-6-9)13(18)11-10(14)7-15-12(16-11)8(2)3/h7-9H,4-6H2,1-3H3. The lowest BCUT2D eigenvalue weighted by atomic mass is 10.2. The molecule has 1 saturated carbocycles. The van der Waals surface area contributed by atoms with Crippen molar-refractivity contribution in [3.05, 3.63) is 22.7 Å². The summed E-state index contributed by atoms with van der Waals surface area (Å²) in [6.45, 7) is 6.67. The molecule has 5 heteroatoms. The van der Waals surface area contributed by atoms with Crippen molar-refractivity contribution in [2.24, 2.45) is 0 Å². The molecule has 98 valence electrons. The van der Waals surface area contributed by atoms with Crippen molar-refractivity contribution >= 4 is 17.5 Å². The first-order valence-corrected chi connectivity index (χ1v) is 6.75. The Morgan fingerprint density at radius 1 is 1.56 bits per heavy atom. The van der Waals surface area contributed by atoms with Crippen LogP contribution in [-0.4, -0.2) is 33.4 Å². The van der Waals surface area contributed by atoms with Gasteiger partial charge in [-0.2, -0.15) is 0 Å². The molecule has 1 aromatic heterocycles. The summed E-state index contributed by atoms with van der Waals surface area (Å²) in [7, 11) is 0. The Hall–Kier alpha value is -1.16. The van der Waals surface area contributed by atoms with Crippen molar-refractivity contribution < 1.29 is 4.79 Å². The second-order valence-corrected chi connectivity index (χ2v) is 5.31. The van der Waals surface area contributed by atoms with E-state index in [1.807, 2.05) is 25.7 Å². The Kier molecular flexibility index (Phi) is 3.85. The van der Waals surface area contributed by atoms with Crippen molar-refractivity contribution in [3.63, 3.8) is 0 Å². The highest BCUT2D eigenvalue weighted by Crippen LogP contribution is 2.29. The Balaban J connectivity index is 2.30. The van der Waals surface area contributed by atoms with Crippen LogP contribution in [-0.2, 0) is 0 Å². The van der Waals surface area contributed by atoms with Crippen LogP contribution in [0.2, 0.25) is 5.02 Å². The Bertz CT molecular complexity index is 458. The number of carbonyl (C=O) groups excluding carboxylic acids is 1. The van der Waals surface area contributed by atoms with Crippen molar-refractivity contribution in [3.8, 4) is 0 Å². The van der Waals surface area contributed by atoms with E-state index in [1.165, 1.54) is 6.20 Å². The average molecular weight is 268 g/mol. The molecule has 0 N–H and O–H groups in total. The van der Waals surface area contributed by atoms with Crippen molar-refractivity contribution in [1.82, 2.24) is 14.9 Å².